The molecule has 6 nitrogen and oxygen atoms in total. The Morgan fingerprint density at radius 2 is 2.21 bits per heavy atom. The molecule has 0 aromatic carbocycles. The van der Waals surface area contributed by atoms with Crippen molar-refractivity contribution in [2.45, 2.75) is 26.5 Å². The molecule has 0 saturated carbocycles. The fraction of sp³-hybridized carbons (Fsp3) is 0.462. The van der Waals surface area contributed by atoms with Gasteiger partial charge in [0.1, 0.15) is 18.1 Å². The zero-order chi connectivity index (χ0) is 13.5. The van der Waals surface area contributed by atoms with Gasteiger partial charge in [-0.3, -0.25) is 9.67 Å². The van der Waals surface area contributed by atoms with Gasteiger partial charge in [-0.2, -0.15) is 0 Å². The number of aryl methyl sites for hydroxylation is 1. The van der Waals surface area contributed by atoms with Crippen molar-refractivity contribution in [2.24, 2.45) is 7.05 Å². The van der Waals surface area contributed by atoms with Crippen LogP contribution >= 0.6 is 0 Å². The Morgan fingerprint density at radius 3 is 2.84 bits per heavy atom. The quantitative estimate of drug-likeness (QED) is 0.761. The van der Waals surface area contributed by atoms with Gasteiger partial charge in [0.15, 0.2) is 0 Å². The molecular formula is C13H19N5O. The summed E-state index contributed by atoms with van der Waals surface area (Å²) in [6.45, 7) is 4.34. The molecule has 0 unspecified atom stereocenters. The smallest absolute Gasteiger partial charge is 0.138 e. The standard InChI is InChI=1S/C13H19N5O/c1-3-6-14-7-11-4-5-13(8-15-11)19-10-12-9-18(2)17-16-12/h4-5,8-9,14H,3,6-7,10H2,1-2H3. The molecule has 0 bridgehead atoms. The van der Waals surface area contributed by atoms with E-state index in [9.17, 15) is 0 Å². The Morgan fingerprint density at radius 1 is 1.32 bits per heavy atom. The van der Waals surface area contributed by atoms with Crippen molar-refractivity contribution < 1.29 is 4.74 Å². The highest BCUT2D eigenvalue weighted by Gasteiger charge is 2.01. The second kappa shape index (κ2) is 6.84. The minimum atomic E-state index is 0.406. The first kappa shape index (κ1) is 13.5. The molecule has 0 aliphatic carbocycles. The summed E-state index contributed by atoms with van der Waals surface area (Å²) in [6, 6.07) is 3.89. The first-order chi connectivity index (χ1) is 9.28. The molecule has 0 spiro atoms. The first-order valence-electron chi connectivity index (χ1n) is 6.41. The SMILES string of the molecule is CCCNCc1ccc(OCc2cn(C)nn2)cn1. The van der Waals surface area contributed by atoms with Crippen LogP contribution in [-0.2, 0) is 20.2 Å². The Hall–Kier alpha value is -1.95. The Labute approximate surface area is 112 Å². The highest BCUT2D eigenvalue weighted by atomic mass is 16.5. The fourth-order valence-corrected chi connectivity index (χ4v) is 1.61. The molecule has 2 rings (SSSR count). The maximum Gasteiger partial charge on any atom is 0.138 e. The average molecular weight is 261 g/mol. The minimum absolute atomic E-state index is 0.406. The van der Waals surface area contributed by atoms with Gasteiger partial charge >= 0.3 is 0 Å². The molecular weight excluding hydrogens is 242 g/mol. The van der Waals surface area contributed by atoms with Gasteiger partial charge in [-0.25, -0.2) is 0 Å². The van der Waals surface area contributed by atoms with Crippen LogP contribution in [0.5, 0.6) is 5.75 Å². The number of nitrogens with zero attached hydrogens (tertiary/aromatic N) is 4. The maximum atomic E-state index is 5.59. The van der Waals surface area contributed by atoms with Crippen molar-refractivity contribution >= 4 is 0 Å². The lowest BCUT2D eigenvalue weighted by molar-refractivity contribution is 0.299. The van der Waals surface area contributed by atoms with E-state index in [1.807, 2.05) is 25.4 Å². The first-order valence-corrected chi connectivity index (χ1v) is 6.41. The molecule has 0 saturated heterocycles. The molecule has 6 heteroatoms. The van der Waals surface area contributed by atoms with Gasteiger partial charge in [-0.15, -0.1) is 5.10 Å². The highest BCUT2D eigenvalue weighted by molar-refractivity contribution is 5.20. The van der Waals surface area contributed by atoms with Crippen LogP contribution in [0, 0.1) is 0 Å². The number of hydrogen-bond donors (Lipinski definition) is 1. The van der Waals surface area contributed by atoms with Gasteiger partial charge in [0, 0.05) is 13.6 Å². The molecule has 102 valence electrons. The monoisotopic (exact) mass is 261 g/mol. The molecule has 0 fully saturated rings. The second-order valence-corrected chi connectivity index (χ2v) is 4.33. The van der Waals surface area contributed by atoms with Crippen molar-refractivity contribution in [3.63, 3.8) is 0 Å². The van der Waals surface area contributed by atoms with Gasteiger partial charge in [-0.05, 0) is 25.1 Å². The van der Waals surface area contributed by atoms with Gasteiger partial charge < -0.3 is 10.1 Å². The lowest BCUT2D eigenvalue weighted by atomic mass is 10.3. The molecule has 2 heterocycles. The third-order valence-corrected chi connectivity index (χ3v) is 2.57. The Bertz CT molecular complexity index is 494. The fourth-order valence-electron chi connectivity index (χ4n) is 1.61. The largest absolute Gasteiger partial charge is 0.486 e. The van der Waals surface area contributed by atoms with Gasteiger partial charge in [0.25, 0.3) is 0 Å². The Kier molecular flexibility index (Phi) is 4.85. The van der Waals surface area contributed by atoms with Crippen LogP contribution in [0.1, 0.15) is 24.7 Å². The number of pyridine rings is 1. The van der Waals surface area contributed by atoms with E-state index in [1.54, 1.807) is 10.9 Å². The number of rotatable bonds is 7. The summed E-state index contributed by atoms with van der Waals surface area (Å²) < 4.78 is 7.24. The van der Waals surface area contributed by atoms with Crippen LogP contribution < -0.4 is 10.1 Å². The van der Waals surface area contributed by atoms with E-state index < -0.39 is 0 Å². The highest BCUT2D eigenvalue weighted by Crippen LogP contribution is 2.10. The lowest BCUT2D eigenvalue weighted by Crippen LogP contribution is -2.14. The molecule has 1 N–H and O–H groups in total. The molecule has 0 aliphatic rings. The average Bonchev–Trinajstić information content (AvgIpc) is 2.84. The number of aromatic nitrogens is 4. The summed E-state index contributed by atoms with van der Waals surface area (Å²) in [5.74, 6) is 0.741. The summed E-state index contributed by atoms with van der Waals surface area (Å²) >= 11 is 0. The van der Waals surface area contributed by atoms with E-state index in [1.165, 1.54) is 0 Å². The van der Waals surface area contributed by atoms with E-state index in [-0.39, 0.29) is 0 Å². The van der Waals surface area contributed by atoms with Crippen LogP contribution in [0.2, 0.25) is 0 Å². The summed E-state index contributed by atoms with van der Waals surface area (Å²) in [5, 5.41) is 11.1. The molecule has 0 aliphatic heterocycles. The van der Waals surface area contributed by atoms with Crippen molar-refractivity contribution in [3.8, 4) is 5.75 Å². The van der Waals surface area contributed by atoms with Gasteiger partial charge in [-0.1, -0.05) is 12.1 Å². The van der Waals surface area contributed by atoms with Crippen molar-refractivity contribution in [3.05, 3.63) is 35.9 Å². The summed E-state index contributed by atoms with van der Waals surface area (Å²) in [7, 11) is 1.83. The van der Waals surface area contributed by atoms with E-state index in [2.05, 4.69) is 27.5 Å². The van der Waals surface area contributed by atoms with Crippen LogP contribution in [0.4, 0.5) is 0 Å². The summed E-state index contributed by atoms with van der Waals surface area (Å²) in [6.07, 6.45) is 4.69. The van der Waals surface area contributed by atoms with Gasteiger partial charge in [0.2, 0.25) is 0 Å². The molecule has 0 radical (unpaired) electrons. The van der Waals surface area contributed by atoms with Crippen molar-refractivity contribution in [1.29, 1.82) is 0 Å². The predicted molar refractivity (Wildman–Crippen MR) is 71.6 cm³/mol. The van der Waals surface area contributed by atoms with Crippen molar-refractivity contribution in [1.82, 2.24) is 25.3 Å². The molecule has 0 atom stereocenters. The normalized spacial score (nSPS) is 10.6. The zero-order valence-electron chi connectivity index (χ0n) is 11.3. The summed E-state index contributed by atoms with van der Waals surface area (Å²) in [5.41, 5.74) is 1.82. The number of nitrogens with one attached hydrogen (secondary N) is 1. The van der Waals surface area contributed by atoms with E-state index in [4.69, 9.17) is 4.74 Å². The van der Waals surface area contributed by atoms with E-state index >= 15 is 0 Å². The van der Waals surface area contributed by atoms with Crippen LogP contribution in [0.25, 0.3) is 0 Å². The number of hydrogen-bond acceptors (Lipinski definition) is 5. The third kappa shape index (κ3) is 4.33. The topological polar surface area (TPSA) is 64.9 Å². The van der Waals surface area contributed by atoms with E-state index in [0.29, 0.717) is 6.61 Å². The molecule has 0 amide bonds. The van der Waals surface area contributed by atoms with Gasteiger partial charge in [0.05, 0.1) is 18.1 Å². The maximum absolute atomic E-state index is 5.59. The predicted octanol–water partition coefficient (Wildman–Crippen LogP) is 1.29. The second-order valence-electron chi connectivity index (χ2n) is 4.33. The zero-order valence-corrected chi connectivity index (χ0v) is 11.3. The molecule has 2 aromatic rings. The minimum Gasteiger partial charge on any atom is -0.486 e. The van der Waals surface area contributed by atoms with Crippen molar-refractivity contribution in [2.75, 3.05) is 6.54 Å². The molecule has 2 aromatic heterocycles. The lowest BCUT2D eigenvalue weighted by Gasteiger charge is -2.05. The molecule has 19 heavy (non-hydrogen) atoms. The number of ether oxygens (including phenoxy) is 1. The van der Waals surface area contributed by atoms with Crippen LogP contribution in [-0.4, -0.2) is 26.5 Å². The third-order valence-electron chi connectivity index (χ3n) is 2.57. The summed E-state index contributed by atoms with van der Waals surface area (Å²) in [4.78, 5) is 4.34. The Balaban J connectivity index is 1.81. The van der Waals surface area contributed by atoms with E-state index in [0.717, 1.165) is 36.6 Å². The van der Waals surface area contributed by atoms with Crippen LogP contribution in [0.15, 0.2) is 24.5 Å². The van der Waals surface area contributed by atoms with Crippen LogP contribution in [0.3, 0.4) is 0 Å².